The Morgan fingerprint density at radius 1 is 1.71 bits per heavy atom. The van der Waals surface area contributed by atoms with Gasteiger partial charge in [-0.15, -0.1) is 0 Å². The van der Waals surface area contributed by atoms with Gasteiger partial charge in [-0.3, -0.25) is 14.9 Å². The molecule has 0 atom stereocenters. The third-order valence-electron chi connectivity index (χ3n) is 1.72. The average molecular weight is 199 g/mol. The van der Waals surface area contributed by atoms with Crippen molar-refractivity contribution in [3.05, 3.63) is 15.8 Å². The first-order valence-corrected chi connectivity index (χ1v) is 3.92. The van der Waals surface area contributed by atoms with Crippen molar-refractivity contribution in [2.45, 2.75) is 13.3 Å². The molecule has 0 spiro atoms. The topological polar surface area (TPSA) is 87.3 Å². The van der Waals surface area contributed by atoms with E-state index in [0.29, 0.717) is 12.1 Å². The van der Waals surface area contributed by atoms with Gasteiger partial charge in [0, 0.05) is 7.05 Å². The van der Waals surface area contributed by atoms with E-state index in [9.17, 15) is 14.9 Å². The molecule has 1 aromatic rings. The van der Waals surface area contributed by atoms with Crippen molar-refractivity contribution in [3.8, 4) is 5.88 Å². The number of rotatable bonds is 4. The Labute approximate surface area is 79.4 Å². The van der Waals surface area contributed by atoms with Crippen LogP contribution in [0.15, 0.2) is 0 Å². The summed E-state index contributed by atoms with van der Waals surface area (Å²) in [5.74, 6) is -0.137. The van der Waals surface area contributed by atoms with E-state index in [1.807, 2.05) is 0 Å². The minimum Gasteiger partial charge on any atom is -0.403 e. The van der Waals surface area contributed by atoms with Crippen LogP contribution in [-0.2, 0) is 18.3 Å². The molecule has 0 amide bonds. The molecule has 0 radical (unpaired) electrons. The SMILES string of the molecule is CCc1nn(C)c(OC=O)c1[N+](=O)[O-]. The fourth-order valence-electron chi connectivity index (χ4n) is 1.15. The second-order valence-corrected chi connectivity index (χ2v) is 2.55. The molecule has 0 bridgehead atoms. The summed E-state index contributed by atoms with van der Waals surface area (Å²) < 4.78 is 5.66. The van der Waals surface area contributed by atoms with E-state index in [2.05, 4.69) is 9.84 Å². The Bertz CT molecular complexity index is 371. The molecule has 7 heteroatoms. The number of aryl methyl sites for hydroxylation is 2. The lowest BCUT2D eigenvalue weighted by Crippen LogP contribution is -1.99. The van der Waals surface area contributed by atoms with Crippen LogP contribution in [0.5, 0.6) is 5.88 Å². The fraction of sp³-hybridized carbons (Fsp3) is 0.429. The maximum Gasteiger partial charge on any atom is 0.354 e. The maximum atomic E-state index is 10.6. The maximum absolute atomic E-state index is 10.6. The van der Waals surface area contributed by atoms with Gasteiger partial charge in [-0.1, -0.05) is 6.92 Å². The van der Waals surface area contributed by atoms with E-state index in [1.54, 1.807) is 6.92 Å². The van der Waals surface area contributed by atoms with E-state index in [-0.39, 0.29) is 18.0 Å². The first-order valence-electron chi connectivity index (χ1n) is 3.92. The predicted molar refractivity (Wildman–Crippen MR) is 45.9 cm³/mol. The average Bonchev–Trinajstić information content (AvgIpc) is 2.44. The van der Waals surface area contributed by atoms with Crippen LogP contribution in [0.1, 0.15) is 12.6 Å². The smallest absolute Gasteiger partial charge is 0.354 e. The number of nitro groups is 1. The molecule has 0 fully saturated rings. The van der Waals surface area contributed by atoms with E-state index < -0.39 is 4.92 Å². The molecular weight excluding hydrogens is 190 g/mol. The lowest BCUT2D eigenvalue weighted by molar-refractivity contribution is -0.386. The lowest BCUT2D eigenvalue weighted by Gasteiger charge is -1.95. The number of ether oxygens (including phenoxy) is 1. The first kappa shape index (κ1) is 10.2. The van der Waals surface area contributed by atoms with Crippen LogP contribution in [0, 0.1) is 10.1 Å². The number of carbonyl (C=O) groups excluding carboxylic acids is 1. The Hall–Kier alpha value is -1.92. The molecule has 1 heterocycles. The van der Waals surface area contributed by atoms with Gasteiger partial charge in [0.2, 0.25) is 0 Å². The normalized spacial score (nSPS) is 9.86. The minimum atomic E-state index is -0.606. The number of hydrogen-bond donors (Lipinski definition) is 0. The molecule has 0 unspecified atom stereocenters. The van der Waals surface area contributed by atoms with Gasteiger partial charge >= 0.3 is 5.69 Å². The third kappa shape index (κ3) is 1.56. The van der Waals surface area contributed by atoms with Gasteiger partial charge in [0.1, 0.15) is 5.69 Å². The second-order valence-electron chi connectivity index (χ2n) is 2.55. The number of nitrogens with zero attached hydrogens (tertiary/aromatic N) is 3. The summed E-state index contributed by atoms with van der Waals surface area (Å²) in [6.07, 6.45) is 0.409. The van der Waals surface area contributed by atoms with Crippen molar-refractivity contribution in [1.82, 2.24) is 9.78 Å². The molecule has 14 heavy (non-hydrogen) atoms. The molecule has 0 aliphatic heterocycles. The van der Waals surface area contributed by atoms with Gasteiger partial charge in [-0.25, -0.2) is 4.68 Å². The van der Waals surface area contributed by atoms with E-state index >= 15 is 0 Å². The molecule has 0 saturated carbocycles. The van der Waals surface area contributed by atoms with Crippen LogP contribution < -0.4 is 4.74 Å². The highest BCUT2D eigenvalue weighted by Crippen LogP contribution is 2.29. The monoisotopic (exact) mass is 199 g/mol. The van der Waals surface area contributed by atoms with E-state index in [4.69, 9.17) is 0 Å². The van der Waals surface area contributed by atoms with Crippen molar-refractivity contribution < 1.29 is 14.5 Å². The van der Waals surface area contributed by atoms with Gasteiger partial charge in [0.25, 0.3) is 12.4 Å². The van der Waals surface area contributed by atoms with Crippen molar-refractivity contribution >= 4 is 12.2 Å². The molecular formula is C7H9N3O4. The molecule has 0 aromatic carbocycles. The summed E-state index contributed by atoms with van der Waals surface area (Å²) in [7, 11) is 1.48. The number of aromatic nitrogens is 2. The molecule has 76 valence electrons. The van der Waals surface area contributed by atoms with Gasteiger partial charge in [0.05, 0.1) is 4.92 Å². The van der Waals surface area contributed by atoms with Crippen LogP contribution in [0.2, 0.25) is 0 Å². The van der Waals surface area contributed by atoms with Gasteiger partial charge in [0.15, 0.2) is 0 Å². The molecule has 0 aliphatic rings. The van der Waals surface area contributed by atoms with Crippen LogP contribution in [0.4, 0.5) is 5.69 Å². The first-order chi connectivity index (χ1) is 6.61. The van der Waals surface area contributed by atoms with Crippen LogP contribution in [0.25, 0.3) is 0 Å². The van der Waals surface area contributed by atoms with Crippen molar-refractivity contribution in [2.75, 3.05) is 0 Å². The summed E-state index contributed by atoms with van der Waals surface area (Å²) >= 11 is 0. The van der Waals surface area contributed by atoms with Crippen molar-refractivity contribution in [3.63, 3.8) is 0 Å². The fourth-order valence-corrected chi connectivity index (χ4v) is 1.15. The summed E-state index contributed by atoms with van der Waals surface area (Å²) in [6.45, 7) is 1.88. The zero-order chi connectivity index (χ0) is 10.7. The zero-order valence-corrected chi connectivity index (χ0v) is 7.76. The largest absolute Gasteiger partial charge is 0.403 e. The number of hydrogen-bond acceptors (Lipinski definition) is 5. The molecule has 0 aliphatic carbocycles. The number of carbonyl (C=O) groups is 1. The van der Waals surface area contributed by atoms with E-state index in [0.717, 1.165) is 0 Å². The molecule has 7 nitrogen and oxygen atoms in total. The molecule has 0 saturated heterocycles. The zero-order valence-electron chi connectivity index (χ0n) is 7.76. The van der Waals surface area contributed by atoms with Gasteiger partial charge < -0.3 is 4.74 Å². The highest BCUT2D eigenvalue weighted by Gasteiger charge is 2.26. The molecule has 1 rings (SSSR count). The van der Waals surface area contributed by atoms with Crippen LogP contribution in [0.3, 0.4) is 0 Å². The standard InChI is InChI=1S/C7H9N3O4/c1-3-5-6(10(12)13)7(14-4-11)9(2)8-5/h4H,3H2,1-2H3. The van der Waals surface area contributed by atoms with Gasteiger partial charge in [-0.2, -0.15) is 5.10 Å². The molecule has 0 N–H and O–H groups in total. The van der Waals surface area contributed by atoms with Gasteiger partial charge in [-0.05, 0) is 6.42 Å². The Morgan fingerprint density at radius 3 is 2.79 bits per heavy atom. The van der Waals surface area contributed by atoms with Crippen molar-refractivity contribution in [1.29, 1.82) is 0 Å². The second kappa shape index (κ2) is 3.86. The lowest BCUT2D eigenvalue weighted by atomic mass is 10.3. The predicted octanol–water partition coefficient (Wildman–Crippen LogP) is 0.426. The van der Waals surface area contributed by atoms with Crippen molar-refractivity contribution in [2.24, 2.45) is 7.05 Å². The molecule has 1 aromatic heterocycles. The minimum absolute atomic E-state index is 0.137. The Balaban J connectivity index is 3.30. The quantitative estimate of drug-likeness (QED) is 0.398. The summed E-state index contributed by atoms with van der Waals surface area (Å²) in [5, 5.41) is 14.5. The Kier molecular flexibility index (Phi) is 2.80. The third-order valence-corrected chi connectivity index (χ3v) is 1.72. The van der Waals surface area contributed by atoms with E-state index in [1.165, 1.54) is 11.7 Å². The van der Waals surface area contributed by atoms with Crippen LogP contribution in [-0.4, -0.2) is 21.2 Å². The summed E-state index contributed by atoms with van der Waals surface area (Å²) in [6, 6.07) is 0. The van der Waals surface area contributed by atoms with Crippen LogP contribution >= 0.6 is 0 Å². The summed E-state index contributed by atoms with van der Waals surface area (Å²) in [5.41, 5.74) is 0.0523. The highest BCUT2D eigenvalue weighted by atomic mass is 16.6. The highest BCUT2D eigenvalue weighted by molar-refractivity contribution is 5.53. The summed E-state index contributed by atoms with van der Waals surface area (Å²) in [4.78, 5) is 20.2. The Morgan fingerprint density at radius 2 is 2.36 bits per heavy atom.